The van der Waals surface area contributed by atoms with E-state index in [4.69, 9.17) is 13.9 Å². The Hall–Kier alpha value is -3.13. The van der Waals surface area contributed by atoms with Gasteiger partial charge in [0.1, 0.15) is 17.8 Å². The van der Waals surface area contributed by atoms with Crippen LogP contribution in [0.2, 0.25) is 0 Å². The fraction of sp³-hybridized carbons (Fsp3) is 0.273. The Morgan fingerprint density at radius 1 is 1.20 bits per heavy atom. The van der Waals surface area contributed by atoms with Gasteiger partial charge in [-0.1, -0.05) is 25.1 Å². The molecule has 1 aromatic carbocycles. The van der Waals surface area contributed by atoms with Gasteiger partial charge in [0.25, 0.3) is 0 Å². The zero-order valence-electron chi connectivity index (χ0n) is 16.8. The van der Waals surface area contributed by atoms with Crippen molar-refractivity contribution >= 4 is 17.7 Å². The molecule has 30 heavy (non-hydrogen) atoms. The Labute approximate surface area is 178 Å². The Kier molecular flexibility index (Phi) is 7.62. The highest BCUT2D eigenvalue weighted by Crippen LogP contribution is 2.20. The van der Waals surface area contributed by atoms with Crippen LogP contribution in [0.5, 0.6) is 11.5 Å². The highest BCUT2D eigenvalue weighted by Gasteiger charge is 2.13. The molecule has 0 fully saturated rings. The molecule has 0 spiro atoms. The summed E-state index contributed by atoms with van der Waals surface area (Å²) in [5.41, 5.74) is 0.736. The molecule has 0 bridgehead atoms. The van der Waals surface area contributed by atoms with Gasteiger partial charge in [-0.15, -0.1) is 0 Å². The fourth-order valence-corrected chi connectivity index (χ4v) is 3.17. The van der Waals surface area contributed by atoms with E-state index in [2.05, 4.69) is 16.9 Å². The van der Waals surface area contributed by atoms with E-state index in [-0.39, 0.29) is 5.75 Å². The van der Waals surface area contributed by atoms with Crippen LogP contribution in [0.1, 0.15) is 41.6 Å². The standard InChI is InChI=1S/C22H22N2O5S/c1-3-4-11-27-17-7-5-16(6-8-17)21(26)29-20-13-28-18(12-19(20)25)14-30-22-23-10-9-15(2)24-22/h5-10,12-13H,3-4,11,14H2,1-2H3. The first kappa shape index (κ1) is 21.6. The Bertz CT molecular complexity index is 1050. The molecule has 3 rings (SSSR count). The van der Waals surface area contributed by atoms with Gasteiger partial charge in [-0.2, -0.15) is 0 Å². The molecule has 3 aromatic rings. The molecule has 2 heterocycles. The second-order valence-corrected chi connectivity index (χ2v) is 7.40. The second kappa shape index (κ2) is 10.6. The summed E-state index contributed by atoms with van der Waals surface area (Å²) in [4.78, 5) is 33.0. The first-order valence-corrected chi connectivity index (χ1v) is 10.5. The van der Waals surface area contributed by atoms with E-state index in [1.165, 1.54) is 17.8 Å². The third kappa shape index (κ3) is 6.18. The number of aromatic nitrogens is 2. The van der Waals surface area contributed by atoms with Gasteiger partial charge in [-0.3, -0.25) is 4.79 Å². The van der Waals surface area contributed by atoms with Crippen LogP contribution >= 0.6 is 11.8 Å². The number of ether oxygens (including phenoxy) is 2. The number of aryl methyl sites for hydroxylation is 1. The van der Waals surface area contributed by atoms with E-state index in [1.54, 1.807) is 36.5 Å². The molecule has 0 N–H and O–H groups in total. The third-order valence-electron chi connectivity index (χ3n) is 4.03. The van der Waals surface area contributed by atoms with Crippen molar-refractivity contribution in [3.63, 3.8) is 0 Å². The molecule has 8 heteroatoms. The van der Waals surface area contributed by atoms with Crippen molar-refractivity contribution < 1.29 is 18.7 Å². The molecule has 0 unspecified atom stereocenters. The molecule has 0 aliphatic rings. The van der Waals surface area contributed by atoms with E-state index in [0.717, 1.165) is 24.8 Å². The first-order valence-electron chi connectivity index (χ1n) is 9.54. The maximum atomic E-state index is 12.3. The molecule has 0 amide bonds. The summed E-state index contributed by atoms with van der Waals surface area (Å²) >= 11 is 1.35. The summed E-state index contributed by atoms with van der Waals surface area (Å²) < 4.78 is 16.2. The molecular formula is C22H22N2O5S. The number of esters is 1. The van der Waals surface area contributed by atoms with Crippen LogP contribution in [0.15, 0.2) is 63.2 Å². The minimum atomic E-state index is -0.641. The maximum Gasteiger partial charge on any atom is 0.343 e. The Morgan fingerprint density at radius 3 is 2.70 bits per heavy atom. The van der Waals surface area contributed by atoms with Crippen LogP contribution in [0.4, 0.5) is 0 Å². The summed E-state index contributed by atoms with van der Waals surface area (Å²) in [5.74, 6) is 0.691. The van der Waals surface area contributed by atoms with Gasteiger partial charge in [-0.05, 0) is 43.7 Å². The van der Waals surface area contributed by atoms with Crippen molar-refractivity contribution in [3.8, 4) is 11.5 Å². The van der Waals surface area contributed by atoms with Gasteiger partial charge in [0, 0.05) is 18.0 Å². The van der Waals surface area contributed by atoms with Gasteiger partial charge in [0.15, 0.2) is 5.16 Å². The number of carbonyl (C=O) groups is 1. The maximum absolute atomic E-state index is 12.3. The molecule has 2 aromatic heterocycles. The second-order valence-electron chi connectivity index (χ2n) is 6.46. The van der Waals surface area contributed by atoms with E-state index >= 15 is 0 Å². The van der Waals surface area contributed by atoms with Crippen LogP contribution in [0.3, 0.4) is 0 Å². The van der Waals surface area contributed by atoms with Crippen molar-refractivity contribution in [1.82, 2.24) is 9.97 Å². The largest absolute Gasteiger partial charge is 0.494 e. The van der Waals surface area contributed by atoms with Crippen molar-refractivity contribution in [3.05, 3.63) is 76.1 Å². The lowest BCUT2D eigenvalue weighted by Crippen LogP contribution is -2.14. The van der Waals surface area contributed by atoms with Crippen molar-refractivity contribution in [2.45, 2.75) is 37.6 Å². The molecular weight excluding hydrogens is 404 g/mol. The number of carbonyl (C=O) groups excluding carboxylic acids is 1. The van der Waals surface area contributed by atoms with Crippen LogP contribution in [-0.4, -0.2) is 22.5 Å². The van der Waals surface area contributed by atoms with E-state index in [9.17, 15) is 9.59 Å². The lowest BCUT2D eigenvalue weighted by atomic mass is 10.2. The van der Waals surface area contributed by atoms with Gasteiger partial charge in [-0.25, -0.2) is 14.8 Å². The minimum absolute atomic E-state index is 0.163. The van der Waals surface area contributed by atoms with Gasteiger partial charge >= 0.3 is 5.97 Å². The average molecular weight is 426 g/mol. The molecule has 156 valence electrons. The average Bonchev–Trinajstić information content (AvgIpc) is 2.75. The van der Waals surface area contributed by atoms with Crippen molar-refractivity contribution in [1.29, 1.82) is 0 Å². The number of thioether (sulfide) groups is 1. The number of nitrogens with zero attached hydrogens (tertiary/aromatic N) is 2. The lowest BCUT2D eigenvalue weighted by molar-refractivity contribution is 0.0728. The lowest BCUT2D eigenvalue weighted by Gasteiger charge is -2.07. The normalized spacial score (nSPS) is 10.6. The summed E-state index contributed by atoms with van der Waals surface area (Å²) in [6.45, 7) is 4.59. The molecule has 0 saturated heterocycles. The summed E-state index contributed by atoms with van der Waals surface area (Å²) in [6.07, 6.45) is 4.83. The summed E-state index contributed by atoms with van der Waals surface area (Å²) in [5, 5.41) is 0.593. The van der Waals surface area contributed by atoms with Crippen molar-refractivity contribution in [2.75, 3.05) is 6.61 Å². The van der Waals surface area contributed by atoms with Gasteiger partial charge < -0.3 is 13.9 Å². The minimum Gasteiger partial charge on any atom is -0.494 e. The van der Waals surface area contributed by atoms with Crippen molar-refractivity contribution in [2.24, 2.45) is 0 Å². The summed E-state index contributed by atoms with van der Waals surface area (Å²) in [7, 11) is 0. The zero-order valence-corrected chi connectivity index (χ0v) is 17.6. The number of benzene rings is 1. The van der Waals surface area contributed by atoms with Crippen LogP contribution < -0.4 is 14.9 Å². The first-order chi connectivity index (χ1) is 14.5. The fourth-order valence-electron chi connectivity index (χ4n) is 2.40. The highest BCUT2D eigenvalue weighted by molar-refractivity contribution is 7.98. The van der Waals surface area contributed by atoms with Gasteiger partial charge in [0.05, 0.1) is 17.9 Å². The summed E-state index contributed by atoms with van der Waals surface area (Å²) in [6, 6.07) is 9.69. The Balaban J connectivity index is 1.58. The number of hydrogen-bond acceptors (Lipinski definition) is 8. The number of rotatable bonds is 9. The van der Waals surface area contributed by atoms with E-state index in [0.29, 0.717) is 34.6 Å². The van der Waals surface area contributed by atoms with Crippen LogP contribution in [0, 0.1) is 6.92 Å². The van der Waals surface area contributed by atoms with E-state index < -0.39 is 11.4 Å². The third-order valence-corrected chi connectivity index (χ3v) is 4.91. The van der Waals surface area contributed by atoms with E-state index in [1.807, 2.05) is 6.92 Å². The monoisotopic (exact) mass is 426 g/mol. The van der Waals surface area contributed by atoms with Crippen LogP contribution in [-0.2, 0) is 5.75 Å². The van der Waals surface area contributed by atoms with Crippen LogP contribution in [0.25, 0.3) is 0 Å². The SMILES string of the molecule is CCCCOc1ccc(C(=O)Oc2coc(CSc3nccc(C)n3)cc2=O)cc1. The molecule has 0 saturated carbocycles. The number of unbranched alkanes of at least 4 members (excludes halogenated alkanes) is 1. The molecule has 0 aliphatic carbocycles. The zero-order chi connectivity index (χ0) is 21.3. The molecule has 7 nitrogen and oxygen atoms in total. The molecule has 0 radical (unpaired) electrons. The topological polar surface area (TPSA) is 91.5 Å². The number of hydrogen-bond donors (Lipinski definition) is 0. The molecule has 0 aliphatic heterocycles. The predicted octanol–water partition coefficient (Wildman–Crippen LogP) is 4.43. The van der Waals surface area contributed by atoms with Gasteiger partial charge in [0.2, 0.25) is 11.2 Å². The predicted molar refractivity (Wildman–Crippen MR) is 113 cm³/mol. The smallest absolute Gasteiger partial charge is 0.343 e. The Morgan fingerprint density at radius 2 is 2.00 bits per heavy atom. The molecule has 0 atom stereocenters. The highest BCUT2D eigenvalue weighted by atomic mass is 32.2. The quantitative estimate of drug-likeness (QED) is 0.215.